The molecule has 0 aliphatic rings. The summed E-state index contributed by atoms with van der Waals surface area (Å²) in [6, 6.07) is 7.98. The molecule has 0 saturated heterocycles. The Bertz CT molecular complexity index is 536. The molecule has 0 radical (unpaired) electrons. The maximum atomic E-state index is 11.2. The van der Waals surface area contributed by atoms with Gasteiger partial charge in [0.15, 0.2) is 0 Å². The third-order valence-electron chi connectivity index (χ3n) is 2.37. The number of carbonyl (C=O) groups excluding carboxylic acids is 1. The summed E-state index contributed by atoms with van der Waals surface area (Å²) in [4.78, 5) is 11.2. The van der Waals surface area contributed by atoms with Gasteiger partial charge < -0.3 is 5.32 Å². The van der Waals surface area contributed by atoms with E-state index in [1.54, 1.807) is 6.92 Å². The van der Waals surface area contributed by atoms with Crippen molar-refractivity contribution in [2.45, 2.75) is 20.3 Å². The van der Waals surface area contributed by atoms with Gasteiger partial charge in [0.25, 0.3) is 0 Å². The van der Waals surface area contributed by atoms with Crippen LogP contribution in [0.25, 0.3) is 10.6 Å². The highest BCUT2D eigenvalue weighted by Crippen LogP contribution is 2.28. The second-order valence-corrected chi connectivity index (χ2v) is 4.61. The Morgan fingerprint density at radius 3 is 2.82 bits per heavy atom. The molecule has 2 rings (SSSR count). The molecular weight excluding hydrogens is 234 g/mol. The molecular formula is C12H13N3OS. The highest BCUT2D eigenvalue weighted by Gasteiger charge is 2.09. The maximum Gasteiger partial charge on any atom is 0.225 e. The van der Waals surface area contributed by atoms with Crippen molar-refractivity contribution in [3.05, 3.63) is 29.8 Å². The van der Waals surface area contributed by atoms with Gasteiger partial charge >= 0.3 is 0 Å². The Morgan fingerprint density at radius 2 is 2.12 bits per heavy atom. The number of amides is 1. The average Bonchev–Trinajstić information content (AvgIpc) is 2.78. The molecule has 0 bridgehead atoms. The lowest BCUT2D eigenvalue weighted by Crippen LogP contribution is -2.08. The Labute approximate surface area is 104 Å². The molecule has 0 unspecified atom stereocenters. The van der Waals surface area contributed by atoms with E-state index < -0.39 is 0 Å². The van der Waals surface area contributed by atoms with Gasteiger partial charge in [-0.05, 0) is 12.5 Å². The monoisotopic (exact) mass is 247 g/mol. The van der Waals surface area contributed by atoms with Crippen LogP contribution in [0, 0.1) is 6.92 Å². The van der Waals surface area contributed by atoms with Crippen LogP contribution in [0.15, 0.2) is 24.3 Å². The summed E-state index contributed by atoms with van der Waals surface area (Å²) in [6.45, 7) is 3.83. The molecule has 17 heavy (non-hydrogen) atoms. The number of benzene rings is 1. The normalized spacial score (nSPS) is 10.2. The van der Waals surface area contributed by atoms with Crippen LogP contribution < -0.4 is 5.32 Å². The van der Waals surface area contributed by atoms with E-state index in [0.717, 1.165) is 16.1 Å². The van der Waals surface area contributed by atoms with Gasteiger partial charge in [-0.25, -0.2) is 0 Å². The van der Waals surface area contributed by atoms with Crippen molar-refractivity contribution in [2.24, 2.45) is 0 Å². The van der Waals surface area contributed by atoms with E-state index in [2.05, 4.69) is 15.5 Å². The molecule has 0 spiro atoms. The molecule has 0 aliphatic heterocycles. The number of aryl methyl sites for hydroxylation is 1. The van der Waals surface area contributed by atoms with Crippen molar-refractivity contribution in [2.75, 3.05) is 5.32 Å². The standard InChI is InChI=1S/C12H13N3OS/c1-3-10(16)13-12-15-14-11(17-12)9-7-5-4-6-8(9)2/h4-7H,3H2,1-2H3,(H,13,15,16). The Kier molecular flexibility index (Phi) is 3.49. The van der Waals surface area contributed by atoms with Crippen molar-refractivity contribution in [3.63, 3.8) is 0 Å². The molecule has 1 N–H and O–H groups in total. The topological polar surface area (TPSA) is 54.9 Å². The lowest BCUT2D eigenvalue weighted by Gasteiger charge is -1.99. The van der Waals surface area contributed by atoms with E-state index in [1.807, 2.05) is 31.2 Å². The Morgan fingerprint density at radius 1 is 1.35 bits per heavy atom. The van der Waals surface area contributed by atoms with Crippen LogP contribution in [0.5, 0.6) is 0 Å². The molecule has 88 valence electrons. The molecule has 1 aromatic heterocycles. The largest absolute Gasteiger partial charge is 0.301 e. The Balaban J connectivity index is 2.24. The number of carbonyl (C=O) groups is 1. The first kappa shape index (κ1) is 11.7. The van der Waals surface area contributed by atoms with E-state index in [0.29, 0.717) is 11.6 Å². The van der Waals surface area contributed by atoms with Gasteiger partial charge in [-0.2, -0.15) is 0 Å². The number of hydrogen-bond acceptors (Lipinski definition) is 4. The van der Waals surface area contributed by atoms with Crippen LogP contribution in [0.2, 0.25) is 0 Å². The highest BCUT2D eigenvalue weighted by atomic mass is 32.1. The number of aromatic nitrogens is 2. The predicted octanol–water partition coefficient (Wildman–Crippen LogP) is 2.86. The molecule has 5 heteroatoms. The Hall–Kier alpha value is -1.75. The average molecular weight is 247 g/mol. The molecule has 0 aliphatic carbocycles. The summed E-state index contributed by atoms with van der Waals surface area (Å²) in [5, 5.41) is 12.1. The van der Waals surface area contributed by atoms with E-state index in [4.69, 9.17) is 0 Å². The summed E-state index contributed by atoms with van der Waals surface area (Å²) in [5.74, 6) is -0.0440. The minimum atomic E-state index is -0.0440. The van der Waals surface area contributed by atoms with Gasteiger partial charge in [0, 0.05) is 12.0 Å². The quantitative estimate of drug-likeness (QED) is 0.907. The lowest BCUT2D eigenvalue weighted by atomic mass is 10.1. The van der Waals surface area contributed by atoms with Gasteiger partial charge in [0.05, 0.1) is 0 Å². The van der Waals surface area contributed by atoms with Crippen molar-refractivity contribution in [3.8, 4) is 10.6 Å². The van der Waals surface area contributed by atoms with Gasteiger partial charge in [0.1, 0.15) is 5.01 Å². The third kappa shape index (κ3) is 2.68. The van der Waals surface area contributed by atoms with Crippen LogP contribution in [-0.2, 0) is 4.79 Å². The molecule has 0 fully saturated rings. The smallest absolute Gasteiger partial charge is 0.225 e. The summed E-state index contributed by atoms with van der Waals surface area (Å²) >= 11 is 1.39. The van der Waals surface area contributed by atoms with E-state index >= 15 is 0 Å². The minimum Gasteiger partial charge on any atom is -0.301 e. The number of rotatable bonds is 3. The zero-order valence-electron chi connectivity index (χ0n) is 9.73. The minimum absolute atomic E-state index is 0.0440. The SMILES string of the molecule is CCC(=O)Nc1nnc(-c2ccccc2C)s1. The number of nitrogens with zero attached hydrogens (tertiary/aromatic N) is 2. The molecule has 1 amide bonds. The zero-order valence-corrected chi connectivity index (χ0v) is 10.5. The van der Waals surface area contributed by atoms with Crippen molar-refractivity contribution in [1.29, 1.82) is 0 Å². The van der Waals surface area contributed by atoms with Crippen LogP contribution in [0.4, 0.5) is 5.13 Å². The second-order valence-electron chi connectivity index (χ2n) is 3.63. The molecule has 0 atom stereocenters. The van der Waals surface area contributed by atoms with Crippen LogP contribution in [0.1, 0.15) is 18.9 Å². The lowest BCUT2D eigenvalue weighted by molar-refractivity contribution is -0.115. The molecule has 1 heterocycles. The summed E-state index contributed by atoms with van der Waals surface area (Å²) in [7, 11) is 0. The molecule has 1 aromatic carbocycles. The van der Waals surface area contributed by atoms with Crippen LogP contribution >= 0.6 is 11.3 Å². The van der Waals surface area contributed by atoms with Crippen LogP contribution in [-0.4, -0.2) is 16.1 Å². The van der Waals surface area contributed by atoms with Crippen LogP contribution in [0.3, 0.4) is 0 Å². The zero-order chi connectivity index (χ0) is 12.3. The fourth-order valence-electron chi connectivity index (χ4n) is 1.40. The van der Waals surface area contributed by atoms with Crippen molar-refractivity contribution >= 4 is 22.4 Å². The number of anilines is 1. The first-order valence-electron chi connectivity index (χ1n) is 5.40. The predicted molar refractivity (Wildman–Crippen MR) is 69.0 cm³/mol. The summed E-state index contributed by atoms with van der Waals surface area (Å²) < 4.78 is 0. The maximum absolute atomic E-state index is 11.2. The van der Waals surface area contributed by atoms with E-state index in [1.165, 1.54) is 11.3 Å². The first-order valence-corrected chi connectivity index (χ1v) is 6.21. The fourth-order valence-corrected chi connectivity index (χ4v) is 2.25. The van der Waals surface area contributed by atoms with E-state index in [-0.39, 0.29) is 5.91 Å². The molecule has 0 saturated carbocycles. The first-order chi connectivity index (χ1) is 8.20. The summed E-state index contributed by atoms with van der Waals surface area (Å²) in [5.41, 5.74) is 2.21. The van der Waals surface area contributed by atoms with Gasteiger partial charge in [0.2, 0.25) is 11.0 Å². The van der Waals surface area contributed by atoms with Gasteiger partial charge in [-0.15, -0.1) is 10.2 Å². The number of hydrogen-bond donors (Lipinski definition) is 1. The summed E-state index contributed by atoms with van der Waals surface area (Å²) in [6.07, 6.45) is 0.444. The van der Waals surface area contributed by atoms with Crippen molar-refractivity contribution < 1.29 is 4.79 Å². The third-order valence-corrected chi connectivity index (χ3v) is 3.24. The van der Waals surface area contributed by atoms with E-state index in [9.17, 15) is 4.79 Å². The number of nitrogens with one attached hydrogen (secondary N) is 1. The molecule has 4 nitrogen and oxygen atoms in total. The fraction of sp³-hybridized carbons (Fsp3) is 0.250. The second kappa shape index (κ2) is 5.05. The van der Waals surface area contributed by atoms with Gasteiger partial charge in [-0.1, -0.05) is 42.5 Å². The molecule has 2 aromatic rings. The van der Waals surface area contributed by atoms with Crippen molar-refractivity contribution in [1.82, 2.24) is 10.2 Å². The highest BCUT2D eigenvalue weighted by molar-refractivity contribution is 7.18. The van der Waals surface area contributed by atoms with Gasteiger partial charge in [-0.3, -0.25) is 4.79 Å².